The van der Waals surface area contributed by atoms with Gasteiger partial charge in [-0.15, -0.1) is 0 Å². The number of carbonyl (C=O) groups is 1. The first-order chi connectivity index (χ1) is 14.5. The van der Waals surface area contributed by atoms with Crippen molar-refractivity contribution in [3.05, 3.63) is 89.1 Å². The van der Waals surface area contributed by atoms with E-state index in [4.69, 9.17) is 16.3 Å². The van der Waals surface area contributed by atoms with Crippen LogP contribution in [-0.4, -0.2) is 22.7 Å². The number of aromatic nitrogens is 1. The minimum absolute atomic E-state index is 0.0863. The minimum atomic E-state index is -1.02. The highest BCUT2D eigenvalue weighted by molar-refractivity contribution is 6.33. The van der Waals surface area contributed by atoms with E-state index < -0.39 is 5.97 Å². The number of ether oxygens (including phenoxy) is 1. The SMILES string of the molecule is O=C(O)c1ccncc1N/C=C/C1CCOc2cc(-c3cc(F)ccc3Cl)ccc21. The first-order valence-electron chi connectivity index (χ1n) is 9.35. The van der Waals surface area contributed by atoms with Gasteiger partial charge in [0, 0.05) is 28.3 Å². The van der Waals surface area contributed by atoms with Crippen LogP contribution < -0.4 is 10.1 Å². The maximum Gasteiger partial charge on any atom is 0.337 e. The summed E-state index contributed by atoms with van der Waals surface area (Å²) in [4.78, 5) is 15.3. The molecule has 0 fully saturated rings. The smallest absolute Gasteiger partial charge is 0.337 e. The molecule has 0 amide bonds. The first-order valence-corrected chi connectivity index (χ1v) is 9.73. The number of anilines is 1. The van der Waals surface area contributed by atoms with Crippen molar-refractivity contribution in [2.75, 3.05) is 11.9 Å². The van der Waals surface area contributed by atoms with E-state index in [-0.39, 0.29) is 17.3 Å². The van der Waals surface area contributed by atoms with E-state index in [1.807, 2.05) is 24.3 Å². The maximum absolute atomic E-state index is 13.6. The van der Waals surface area contributed by atoms with Crippen molar-refractivity contribution >= 4 is 23.3 Å². The number of hydrogen-bond acceptors (Lipinski definition) is 4. The number of pyridine rings is 1. The predicted molar refractivity (Wildman–Crippen MR) is 114 cm³/mol. The zero-order valence-corrected chi connectivity index (χ0v) is 16.6. The van der Waals surface area contributed by atoms with Crippen LogP contribution in [-0.2, 0) is 0 Å². The van der Waals surface area contributed by atoms with Crippen molar-refractivity contribution in [2.24, 2.45) is 0 Å². The summed E-state index contributed by atoms with van der Waals surface area (Å²) in [5, 5.41) is 12.7. The normalized spacial score (nSPS) is 15.5. The molecule has 0 radical (unpaired) electrons. The summed E-state index contributed by atoms with van der Waals surface area (Å²) in [6, 6.07) is 11.4. The molecule has 2 heterocycles. The molecule has 0 bridgehead atoms. The standard InChI is InChI=1S/C23H18ClFN2O3/c24-20-4-2-16(25)12-19(20)15-1-3-17-14(7-10-30-22(17)11-15)5-9-27-21-13-26-8-6-18(21)23(28)29/h1-6,8-9,11-14,27H,7,10H2,(H,28,29)/b9-5+. The van der Waals surface area contributed by atoms with Gasteiger partial charge in [0.25, 0.3) is 0 Å². The van der Waals surface area contributed by atoms with Gasteiger partial charge in [-0.1, -0.05) is 29.8 Å². The third kappa shape index (κ3) is 4.14. The maximum atomic E-state index is 13.6. The van der Waals surface area contributed by atoms with E-state index in [9.17, 15) is 14.3 Å². The van der Waals surface area contributed by atoms with E-state index in [1.165, 1.54) is 36.7 Å². The number of nitrogens with zero attached hydrogens (tertiary/aromatic N) is 1. The Balaban J connectivity index is 1.57. The van der Waals surface area contributed by atoms with Crippen LogP contribution >= 0.6 is 11.6 Å². The third-order valence-corrected chi connectivity index (χ3v) is 5.29. The Morgan fingerprint density at radius 2 is 2.13 bits per heavy atom. The molecule has 4 rings (SSSR count). The number of carboxylic acid groups (broad SMARTS) is 1. The molecule has 1 aliphatic heterocycles. The molecule has 0 spiro atoms. The monoisotopic (exact) mass is 424 g/mol. The van der Waals surface area contributed by atoms with Gasteiger partial charge >= 0.3 is 5.97 Å². The Morgan fingerprint density at radius 1 is 1.27 bits per heavy atom. The molecule has 1 aliphatic rings. The van der Waals surface area contributed by atoms with Gasteiger partial charge in [-0.05, 0) is 48.5 Å². The molecule has 1 atom stereocenters. The van der Waals surface area contributed by atoms with Crippen LogP contribution in [0.15, 0.2) is 67.1 Å². The third-order valence-electron chi connectivity index (χ3n) is 4.96. The number of nitrogens with one attached hydrogen (secondary N) is 1. The molecule has 0 saturated heterocycles. The number of hydrogen-bond donors (Lipinski definition) is 2. The molecule has 2 aromatic carbocycles. The summed E-state index contributed by atoms with van der Waals surface area (Å²) >= 11 is 6.23. The number of aromatic carboxylic acids is 1. The van der Waals surface area contributed by atoms with Crippen LogP contribution in [0.2, 0.25) is 5.02 Å². The van der Waals surface area contributed by atoms with E-state index in [2.05, 4.69) is 10.3 Å². The predicted octanol–water partition coefficient (Wildman–Crippen LogP) is 5.73. The van der Waals surface area contributed by atoms with Crippen LogP contribution in [0.25, 0.3) is 11.1 Å². The lowest BCUT2D eigenvalue weighted by molar-refractivity contribution is 0.0698. The average molecular weight is 425 g/mol. The van der Waals surface area contributed by atoms with E-state index in [0.717, 1.165) is 23.3 Å². The van der Waals surface area contributed by atoms with Gasteiger partial charge in [-0.3, -0.25) is 4.98 Å². The molecule has 0 aliphatic carbocycles. The quantitative estimate of drug-likeness (QED) is 0.547. The second-order valence-electron chi connectivity index (χ2n) is 6.85. The van der Waals surface area contributed by atoms with E-state index >= 15 is 0 Å². The molecule has 30 heavy (non-hydrogen) atoms. The van der Waals surface area contributed by atoms with Crippen LogP contribution in [0, 0.1) is 5.82 Å². The number of carboxylic acids is 1. The fraction of sp³-hybridized carbons (Fsp3) is 0.130. The van der Waals surface area contributed by atoms with Crippen molar-refractivity contribution in [3.63, 3.8) is 0 Å². The Hall–Kier alpha value is -3.38. The second kappa shape index (κ2) is 8.55. The zero-order chi connectivity index (χ0) is 21.1. The van der Waals surface area contributed by atoms with Crippen molar-refractivity contribution in [3.8, 4) is 16.9 Å². The molecular weight excluding hydrogens is 407 g/mol. The van der Waals surface area contributed by atoms with Crippen LogP contribution in [0.5, 0.6) is 5.75 Å². The van der Waals surface area contributed by atoms with Gasteiger partial charge in [-0.25, -0.2) is 9.18 Å². The van der Waals surface area contributed by atoms with Crippen LogP contribution in [0.1, 0.15) is 28.3 Å². The Morgan fingerprint density at radius 3 is 2.97 bits per heavy atom. The van der Waals surface area contributed by atoms with Crippen LogP contribution in [0.3, 0.4) is 0 Å². The van der Waals surface area contributed by atoms with Crippen molar-refractivity contribution in [1.82, 2.24) is 4.98 Å². The molecule has 7 heteroatoms. The van der Waals surface area contributed by atoms with E-state index in [1.54, 1.807) is 6.20 Å². The summed E-state index contributed by atoms with van der Waals surface area (Å²) in [5.41, 5.74) is 2.96. The van der Waals surface area contributed by atoms with Gasteiger partial charge in [0.1, 0.15) is 11.6 Å². The summed E-state index contributed by atoms with van der Waals surface area (Å²) in [7, 11) is 0. The molecule has 1 aromatic heterocycles. The second-order valence-corrected chi connectivity index (χ2v) is 7.26. The number of halogens is 2. The van der Waals surface area contributed by atoms with Gasteiger partial charge in [-0.2, -0.15) is 0 Å². The topological polar surface area (TPSA) is 71.5 Å². The van der Waals surface area contributed by atoms with Crippen molar-refractivity contribution < 1.29 is 19.0 Å². The zero-order valence-electron chi connectivity index (χ0n) is 15.8. The summed E-state index contributed by atoms with van der Waals surface area (Å²) in [6.45, 7) is 0.537. The molecule has 2 N–H and O–H groups in total. The lowest BCUT2D eigenvalue weighted by Crippen LogP contribution is -2.13. The van der Waals surface area contributed by atoms with Crippen molar-refractivity contribution in [2.45, 2.75) is 12.3 Å². The van der Waals surface area contributed by atoms with Gasteiger partial charge in [0.15, 0.2) is 0 Å². The molecule has 1 unspecified atom stereocenters. The fourth-order valence-corrected chi connectivity index (χ4v) is 3.68. The summed E-state index contributed by atoms with van der Waals surface area (Å²) in [5.74, 6) is -0.561. The highest BCUT2D eigenvalue weighted by Gasteiger charge is 2.20. The summed E-state index contributed by atoms with van der Waals surface area (Å²) < 4.78 is 19.5. The average Bonchev–Trinajstić information content (AvgIpc) is 2.75. The summed E-state index contributed by atoms with van der Waals surface area (Å²) in [6.07, 6.45) is 7.38. The molecule has 152 valence electrons. The highest BCUT2D eigenvalue weighted by Crippen LogP contribution is 2.39. The largest absolute Gasteiger partial charge is 0.493 e. The lowest BCUT2D eigenvalue weighted by Gasteiger charge is -2.24. The van der Waals surface area contributed by atoms with Crippen LogP contribution in [0.4, 0.5) is 10.1 Å². The van der Waals surface area contributed by atoms with Crippen molar-refractivity contribution in [1.29, 1.82) is 0 Å². The Bertz CT molecular complexity index is 1130. The van der Waals surface area contributed by atoms with Gasteiger partial charge < -0.3 is 15.2 Å². The molecule has 3 aromatic rings. The number of rotatable bonds is 5. The number of allylic oxidation sites excluding steroid dienone is 1. The first kappa shape index (κ1) is 19.9. The lowest BCUT2D eigenvalue weighted by atomic mass is 9.91. The van der Waals surface area contributed by atoms with Gasteiger partial charge in [0.05, 0.1) is 24.1 Å². The van der Waals surface area contributed by atoms with E-state index in [0.29, 0.717) is 22.9 Å². The fourth-order valence-electron chi connectivity index (χ4n) is 3.45. The Kier molecular flexibility index (Phi) is 5.68. The number of benzene rings is 2. The molecule has 5 nitrogen and oxygen atoms in total. The Labute approximate surface area is 177 Å². The molecular formula is C23H18ClFN2O3. The van der Waals surface area contributed by atoms with Gasteiger partial charge in [0.2, 0.25) is 0 Å². The molecule has 0 saturated carbocycles. The number of fused-ring (bicyclic) bond motifs is 1. The highest BCUT2D eigenvalue weighted by atomic mass is 35.5. The minimum Gasteiger partial charge on any atom is -0.493 e.